The number of methoxy groups -OCH3 is 1. The van der Waals surface area contributed by atoms with E-state index in [0.29, 0.717) is 29.4 Å². The third-order valence-corrected chi connectivity index (χ3v) is 4.26. The first-order valence-electron chi connectivity index (χ1n) is 9.30. The number of nitrogens with one attached hydrogen (secondary N) is 2. The lowest BCUT2D eigenvalue weighted by Gasteiger charge is -2.10. The molecule has 6 nitrogen and oxygen atoms in total. The van der Waals surface area contributed by atoms with Crippen molar-refractivity contribution in [1.82, 2.24) is 5.32 Å². The topological polar surface area (TPSA) is 76.7 Å². The molecule has 28 heavy (non-hydrogen) atoms. The maximum Gasteiger partial charge on any atom is 0.253 e. The van der Waals surface area contributed by atoms with Crippen LogP contribution in [-0.4, -0.2) is 31.6 Å². The van der Waals surface area contributed by atoms with Gasteiger partial charge in [-0.1, -0.05) is 18.2 Å². The van der Waals surface area contributed by atoms with Gasteiger partial charge in [-0.25, -0.2) is 0 Å². The van der Waals surface area contributed by atoms with Crippen LogP contribution >= 0.6 is 0 Å². The first kappa shape index (κ1) is 19.5. The van der Waals surface area contributed by atoms with Crippen molar-refractivity contribution < 1.29 is 19.1 Å². The van der Waals surface area contributed by atoms with E-state index >= 15 is 0 Å². The molecular weight excluding hydrogens is 356 g/mol. The molecule has 0 atom stereocenters. The zero-order valence-corrected chi connectivity index (χ0v) is 16.0. The summed E-state index contributed by atoms with van der Waals surface area (Å²) in [6.45, 7) is 2.41. The van der Waals surface area contributed by atoms with Gasteiger partial charge >= 0.3 is 0 Å². The molecule has 0 aromatic heterocycles. The van der Waals surface area contributed by atoms with Gasteiger partial charge in [-0.3, -0.25) is 9.59 Å². The number of hydrogen-bond donors (Lipinski definition) is 2. The van der Waals surface area contributed by atoms with Crippen LogP contribution in [0, 0.1) is 0 Å². The smallest absolute Gasteiger partial charge is 0.253 e. The number of rotatable bonds is 8. The summed E-state index contributed by atoms with van der Waals surface area (Å²) in [6.07, 6.45) is 5.13. The maximum absolute atomic E-state index is 12.3. The summed E-state index contributed by atoms with van der Waals surface area (Å²) >= 11 is 0. The Hall–Kier alpha value is -3.28. The van der Waals surface area contributed by atoms with Gasteiger partial charge in [0.1, 0.15) is 0 Å². The Balaban J connectivity index is 1.69. The molecule has 0 heterocycles. The van der Waals surface area contributed by atoms with E-state index in [2.05, 4.69) is 10.6 Å². The van der Waals surface area contributed by atoms with Crippen molar-refractivity contribution in [3.05, 3.63) is 59.7 Å². The lowest BCUT2D eigenvalue weighted by Crippen LogP contribution is -2.26. The summed E-state index contributed by atoms with van der Waals surface area (Å²) in [4.78, 5) is 24.7. The van der Waals surface area contributed by atoms with Gasteiger partial charge in [0.2, 0.25) is 5.91 Å². The molecule has 1 aliphatic rings. The van der Waals surface area contributed by atoms with E-state index in [1.807, 2.05) is 19.1 Å². The summed E-state index contributed by atoms with van der Waals surface area (Å²) in [5.41, 5.74) is 1.75. The number of hydrogen-bond acceptors (Lipinski definition) is 4. The highest BCUT2D eigenvalue weighted by Gasteiger charge is 2.24. The van der Waals surface area contributed by atoms with Crippen molar-refractivity contribution in [2.45, 2.75) is 25.8 Å². The van der Waals surface area contributed by atoms with Gasteiger partial charge in [-0.2, -0.15) is 0 Å². The SMILES string of the molecule is CCOc1cc(/C=C/C(=O)Nc2ccccc2C(=O)NC2CC2)ccc1OC. The lowest BCUT2D eigenvalue weighted by atomic mass is 10.1. The second-order valence-electron chi connectivity index (χ2n) is 6.46. The molecule has 6 heteroatoms. The van der Waals surface area contributed by atoms with E-state index < -0.39 is 0 Å². The Labute approximate surface area is 164 Å². The molecule has 0 bridgehead atoms. The average molecular weight is 380 g/mol. The van der Waals surface area contributed by atoms with E-state index in [1.165, 1.54) is 6.08 Å². The predicted molar refractivity (Wildman–Crippen MR) is 109 cm³/mol. The second-order valence-corrected chi connectivity index (χ2v) is 6.46. The first-order chi connectivity index (χ1) is 13.6. The maximum atomic E-state index is 12.3. The van der Waals surface area contributed by atoms with E-state index in [1.54, 1.807) is 43.5 Å². The van der Waals surface area contributed by atoms with Gasteiger partial charge in [-0.05, 0) is 55.7 Å². The van der Waals surface area contributed by atoms with Gasteiger partial charge in [0.05, 0.1) is 25.0 Å². The molecule has 2 aromatic carbocycles. The number of carbonyl (C=O) groups excluding carboxylic acids is 2. The third kappa shape index (κ3) is 5.13. The van der Waals surface area contributed by atoms with E-state index in [0.717, 1.165) is 18.4 Å². The first-order valence-corrected chi connectivity index (χ1v) is 9.30. The molecule has 1 saturated carbocycles. The van der Waals surface area contributed by atoms with Gasteiger partial charge in [0, 0.05) is 12.1 Å². The van der Waals surface area contributed by atoms with Gasteiger partial charge in [-0.15, -0.1) is 0 Å². The number of carbonyl (C=O) groups is 2. The van der Waals surface area contributed by atoms with Crippen LogP contribution in [0.5, 0.6) is 11.5 Å². The van der Waals surface area contributed by atoms with Crippen molar-refractivity contribution in [1.29, 1.82) is 0 Å². The highest BCUT2D eigenvalue weighted by Crippen LogP contribution is 2.28. The predicted octanol–water partition coefficient (Wildman–Crippen LogP) is 3.64. The third-order valence-electron chi connectivity index (χ3n) is 4.26. The normalized spacial score (nSPS) is 13.2. The minimum Gasteiger partial charge on any atom is -0.493 e. The fourth-order valence-corrected chi connectivity index (χ4v) is 2.69. The molecule has 3 rings (SSSR count). The van der Waals surface area contributed by atoms with E-state index in [4.69, 9.17) is 9.47 Å². The van der Waals surface area contributed by atoms with Crippen molar-refractivity contribution in [2.24, 2.45) is 0 Å². The van der Waals surface area contributed by atoms with Crippen LogP contribution in [0.25, 0.3) is 6.08 Å². The fraction of sp³-hybridized carbons (Fsp3) is 0.273. The monoisotopic (exact) mass is 380 g/mol. The number of anilines is 1. The Morgan fingerprint density at radius 3 is 2.64 bits per heavy atom. The van der Waals surface area contributed by atoms with Gasteiger partial charge in [0.25, 0.3) is 5.91 Å². The molecule has 0 aliphatic heterocycles. The Bertz CT molecular complexity index is 888. The van der Waals surface area contributed by atoms with Crippen LogP contribution in [0.1, 0.15) is 35.7 Å². The molecule has 2 amide bonds. The molecule has 1 fully saturated rings. The standard InChI is InChI=1S/C22H24N2O4/c1-3-28-20-14-15(8-12-19(20)27-2)9-13-21(25)24-18-7-5-4-6-17(18)22(26)23-16-10-11-16/h4-9,12-14,16H,3,10-11H2,1-2H3,(H,23,26)(H,24,25)/b13-9+. The van der Waals surface area contributed by atoms with Crippen LogP contribution in [0.3, 0.4) is 0 Å². The summed E-state index contributed by atoms with van der Waals surface area (Å²) < 4.78 is 10.8. The quantitative estimate of drug-likeness (QED) is 0.686. The average Bonchev–Trinajstić information content (AvgIpc) is 3.51. The number of para-hydroxylation sites is 1. The van der Waals surface area contributed by atoms with Crippen molar-refractivity contribution in [3.8, 4) is 11.5 Å². The molecule has 0 saturated heterocycles. The highest BCUT2D eigenvalue weighted by molar-refractivity contribution is 6.07. The van der Waals surface area contributed by atoms with Crippen LogP contribution in [0.2, 0.25) is 0 Å². The highest BCUT2D eigenvalue weighted by atomic mass is 16.5. The fourth-order valence-electron chi connectivity index (χ4n) is 2.69. The minimum absolute atomic E-state index is 0.168. The van der Waals surface area contributed by atoms with Crippen LogP contribution in [0.15, 0.2) is 48.5 Å². The number of amides is 2. The molecule has 0 spiro atoms. The zero-order chi connectivity index (χ0) is 19.9. The molecule has 2 aromatic rings. The van der Waals surface area contributed by atoms with Crippen molar-refractivity contribution in [3.63, 3.8) is 0 Å². The number of ether oxygens (including phenoxy) is 2. The van der Waals surface area contributed by atoms with Crippen molar-refractivity contribution in [2.75, 3.05) is 19.0 Å². The van der Waals surface area contributed by atoms with Gasteiger partial charge in [0.15, 0.2) is 11.5 Å². The Morgan fingerprint density at radius 2 is 1.93 bits per heavy atom. The lowest BCUT2D eigenvalue weighted by molar-refractivity contribution is -0.111. The molecule has 0 unspecified atom stereocenters. The van der Waals surface area contributed by atoms with Crippen LogP contribution < -0.4 is 20.1 Å². The largest absolute Gasteiger partial charge is 0.493 e. The van der Waals surface area contributed by atoms with E-state index in [9.17, 15) is 9.59 Å². The molecule has 2 N–H and O–H groups in total. The molecule has 0 radical (unpaired) electrons. The molecule has 146 valence electrons. The molecular formula is C22H24N2O4. The van der Waals surface area contributed by atoms with Crippen molar-refractivity contribution >= 4 is 23.6 Å². The van der Waals surface area contributed by atoms with Gasteiger partial charge < -0.3 is 20.1 Å². The summed E-state index contributed by atoms with van der Waals surface area (Å²) in [5, 5.41) is 5.71. The summed E-state index contributed by atoms with van der Waals surface area (Å²) in [5.74, 6) is 0.771. The van der Waals surface area contributed by atoms with Crippen LogP contribution in [-0.2, 0) is 4.79 Å². The molecule has 1 aliphatic carbocycles. The minimum atomic E-state index is -0.319. The Morgan fingerprint density at radius 1 is 1.14 bits per heavy atom. The zero-order valence-electron chi connectivity index (χ0n) is 16.0. The van der Waals surface area contributed by atoms with Crippen LogP contribution in [0.4, 0.5) is 5.69 Å². The summed E-state index contributed by atoms with van der Waals surface area (Å²) in [6, 6.07) is 12.7. The second kappa shape index (κ2) is 9.08. The van der Waals surface area contributed by atoms with E-state index in [-0.39, 0.29) is 17.9 Å². The summed E-state index contributed by atoms with van der Waals surface area (Å²) in [7, 11) is 1.58. The number of benzene rings is 2. The Kier molecular flexibility index (Phi) is 6.32.